The van der Waals surface area contributed by atoms with Crippen LogP contribution < -0.4 is 4.74 Å². The monoisotopic (exact) mass is 358 g/mol. The van der Waals surface area contributed by atoms with E-state index in [4.69, 9.17) is 13.9 Å². The third kappa shape index (κ3) is 5.91. The maximum atomic E-state index is 5.89. The average Bonchev–Trinajstić information content (AvgIpc) is 3.08. The lowest BCUT2D eigenvalue weighted by Gasteiger charge is -2.36. The standard InChI is InChI=1S/C23H34O3/c1-7-17(2)22(23(4,5)6)19-10-12-21(13-11-19)26-18(3)24-16-14-20-9-8-15-25-20/h8-13,15,17-18,22H,7,14,16H2,1-6H3. The van der Waals surface area contributed by atoms with Gasteiger partial charge >= 0.3 is 0 Å². The molecule has 26 heavy (non-hydrogen) atoms. The van der Waals surface area contributed by atoms with E-state index in [2.05, 4.69) is 58.9 Å². The van der Waals surface area contributed by atoms with E-state index in [-0.39, 0.29) is 11.7 Å². The minimum absolute atomic E-state index is 0.236. The molecule has 0 fully saturated rings. The first-order valence-corrected chi connectivity index (χ1v) is 9.72. The molecular formula is C23H34O3. The number of benzene rings is 1. The summed E-state index contributed by atoms with van der Waals surface area (Å²) in [6.45, 7) is 14.1. The predicted octanol–water partition coefficient (Wildman–Crippen LogP) is 6.44. The summed E-state index contributed by atoms with van der Waals surface area (Å²) in [4.78, 5) is 0. The van der Waals surface area contributed by atoms with Crippen molar-refractivity contribution in [2.24, 2.45) is 11.3 Å². The van der Waals surface area contributed by atoms with Crippen LogP contribution in [0.25, 0.3) is 0 Å². The Morgan fingerprint density at radius 3 is 2.27 bits per heavy atom. The predicted molar refractivity (Wildman–Crippen MR) is 107 cm³/mol. The lowest BCUT2D eigenvalue weighted by atomic mass is 9.69. The molecule has 0 N–H and O–H groups in total. The topological polar surface area (TPSA) is 31.6 Å². The Morgan fingerprint density at radius 2 is 1.73 bits per heavy atom. The molecule has 1 aromatic carbocycles. The molecule has 0 aliphatic heterocycles. The zero-order chi connectivity index (χ0) is 19.2. The van der Waals surface area contributed by atoms with Crippen LogP contribution in [0.1, 0.15) is 65.2 Å². The van der Waals surface area contributed by atoms with E-state index in [9.17, 15) is 0 Å². The van der Waals surface area contributed by atoms with Crippen LogP contribution in [0.3, 0.4) is 0 Å². The van der Waals surface area contributed by atoms with Crippen molar-refractivity contribution < 1.29 is 13.9 Å². The molecule has 1 aromatic heterocycles. The van der Waals surface area contributed by atoms with Crippen molar-refractivity contribution >= 4 is 0 Å². The van der Waals surface area contributed by atoms with Crippen LogP contribution in [0, 0.1) is 11.3 Å². The van der Waals surface area contributed by atoms with Crippen LogP contribution in [-0.4, -0.2) is 12.9 Å². The molecule has 2 rings (SSSR count). The molecular weight excluding hydrogens is 324 g/mol. The molecule has 0 radical (unpaired) electrons. The van der Waals surface area contributed by atoms with Gasteiger partial charge in [-0.1, -0.05) is 53.2 Å². The number of hydrogen-bond acceptors (Lipinski definition) is 3. The maximum absolute atomic E-state index is 5.89. The zero-order valence-corrected chi connectivity index (χ0v) is 17.1. The SMILES string of the molecule is CCC(C)C(c1ccc(OC(C)OCCc2ccco2)cc1)C(C)(C)C. The van der Waals surface area contributed by atoms with Crippen molar-refractivity contribution in [2.45, 2.75) is 66.6 Å². The van der Waals surface area contributed by atoms with E-state index in [0.29, 0.717) is 18.4 Å². The largest absolute Gasteiger partial charge is 0.469 e. The van der Waals surface area contributed by atoms with Gasteiger partial charge in [0.05, 0.1) is 12.9 Å². The molecule has 0 saturated carbocycles. The van der Waals surface area contributed by atoms with Gasteiger partial charge in [-0.25, -0.2) is 0 Å². The molecule has 0 bridgehead atoms. The second kappa shape index (κ2) is 9.27. The van der Waals surface area contributed by atoms with E-state index >= 15 is 0 Å². The summed E-state index contributed by atoms with van der Waals surface area (Å²) >= 11 is 0. The molecule has 1 heterocycles. The van der Waals surface area contributed by atoms with Gasteiger partial charge in [0.1, 0.15) is 11.5 Å². The highest BCUT2D eigenvalue weighted by molar-refractivity contribution is 5.31. The third-order valence-electron chi connectivity index (χ3n) is 4.97. The lowest BCUT2D eigenvalue weighted by Crippen LogP contribution is -2.24. The Bertz CT molecular complexity index is 622. The van der Waals surface area contributed by atoms with Crippen LogP contribution in [0.15, 0.2) is 47.1 Å². The second-order valence-corrected chi connectivity index (χ2v) is 8.18. The molecule has 3 atom stereocenters. The number of hydrogen-bond donors (Lipinski definition) is 0. The summed E-state index contributed by atoms with van der Waals surface area (Å²) in [5, 5.41) is 0. The molecule has 0 aliphatic carbocycles. The van der Waals surface area contributed by atoms with E-state index < -0.39 is 0 Å². The molecule has 3 nitrogen and oxygen atoms in total. The smallest absolute Gasteiger partial charge is 0.196 e. The van der Waals surface area contributed by atoms with Gasteiger partial charge in [0, 0.05) is 6.42 Å². The van der Waals surface area contributed by atoms with Gasteiger partial charge in [0.25, 0.3) is 0 Å². The summed E-state index contributed by atoms with van der Waals surface area (Å²) in [5.41, 5.74) is 1.62. The Kier molecular flexibility index (Phi) is 7.33. The molecule has 2 aromatic rings. The highest BCUT2D eigenvalue weighted by atomic mass is 16.7. The number of rotatable bonds is 9. The normalized spacial score (nSPS) is 15.5. The quantitative estimate of drug-likeness (QED) is 0.483. The van der Waals surface area contributed by atoms with Crippen molar-refractivity contribution in [3.05, 3.63) is 54.0 Å². The first kappa shape index (κ1) is 20.6. The molecule has 3 heteroatoms. The van der Waals surface area contributed by atoms with Gasteiger partial charge in [0.2, 0.25) is 0 Å². The highest BCUT2D eigenvalue weighted by Gasteiger charge is 2.30. The van der Waals surface area contributed by atoms with Crippen LogP contribution in [-0.2, 0) is 11.2 Å². The Labute approximate surface area is 158 Å². The van der Waals surface area contributed by atoms with E-state index in [1.165, 1.54) is 12.0 Å². The highest BCUT2D eigenvalue weighted by Crippen LogP contribution is 2.42. The van der Waals surface area contributed by atoms with Gasteiger partial charge in [-0.05, 0) is 54.0 Å². The van der Waals surface area contributed by atoms with Gasteiger partial charge in [-0.15, -0.1) is 0 Å². The van der Waals surface area contributed by atoms with Crippen molar-refractivity contribution in [3.8, 4) is 5.75 Å². The third-order valence-corrected chi connectivity index (χ3v) is 4.97. The van der Waals surface area contributed by atoms with Crippen molar-refractivity contribution in [1.82, 2.24) is 0 Å². The molecule has 0 spiro atoms. The number of ether oxygens (including phenoxy) is 2. The molecule has 0 saturated heterocycles. The zero-order valence-electron chi connectivity index (χ0n) is 17.1. The van der Waals surface area contributed by atoms with Gasteiger partial charge < -0.3 is 13.9 Å². The van der Waals surface area contributed by atoms with Crippen LogP contribution in [0.4, 0.5) is 0 Å². The second-order valence-electron chi connectivity index (χ2n) is 8.18. The van der Waals surface area contributed by atoms with Crippen molar-refractivity contribution in [3.63, 3.8) is 0 Å². The Balaban J connectivity index is 1.91. The van der Waals surface area contributed by atoms with Crippen molar-refractivity contribution in [2.75, 3.05) is 6.61 Å². The van der Waals surface area contributed by atoms with Crippen LogP contribution >= 0.6 is 0 Å². The summed E-state index contributed by atoms with van der Waals surface area (Å²) in [5.74, 6) is 2.95. The summed E-state index contributed by atoms with van der Waals surface area (Å²) in [6, 6.07) is 12.4. The fraction of sp³-hybridized carbons (Fsp3) is 0.565. The maximum Gasteiger partial charge on any atom is 0.196 e. The Hall–Kier alpha value is -1.74. The minimum atomic E-state index is -0.288. The number of furan rings is 1. The first-order chi connectivity index (χ1) is 12.3. The molecule has 3 unspecified atom stereocenters. The summed E-state index contributed by atoms with van der Waals surface area (Å²) < 4.78 is 16.9. The minimum Gasteiger partial charge on any atom is -0.469 e. The molecule has 144 valence electrons. The van der Waals surface area contributed by atoms with Gasteiger partial charge in [0.15, 0.2) is 6.29 Å². The molecule has 0 aliphatic rings. The van der Waals surface area contributed by atoms with Crippen LogP contribution in [0.5, 0.6) is 5.75 Å². The van der Waals surface area contributed by atoms with E-state index in [0.717, 1.165) is 17.9 Å². The van der Waals surface area contributed by atoms with Gasteiger partial charge in [-0.2, -0.15) is 0 Å². The summed E-state index contributed by atoms with van der Waals surface area (Å²) in [6.07, 6.45) is 3.33. The fourth-order valence-corrected chi connectivity index (χ4v) is 3.68. The average molecular weight is 359 g/mol. The van der Waals surface area contributed by atoms with E-state index in [1.54, 1.807) is 6.26 Å². The Morgan fingerprint density at radius 1 is 1.04 bits per heavy atom. The van der Waals surface area contributed by atoms with Gasteiger partial charge in [-0.3, -0.25) is 0 Å². The van der Waals surface area contributed by atoms with Crippen molar-refractivity contribution in [1.29, 1.82) is 0 Å². The molecule has 0 amide bonds. The van der Waals surface area contributed by atoms with E-state index in [1.807, 2.05) is 19.1 Å². The first-order valence-electron chi connectivity index (χ1n) is 9.72. The lowest BCUT2D eigenvalue weighted by molar-refractivity contribution is -0.0662. The summed E-state index contributed by atoms with van der Waals surface area (Å²) in [7, 11) is 0. The fourth-order valence-electron chi connectivity index (χ4n) is 3.68. The van der Waals surface area contributed by atoms with Crippen LogP contribution in [0.2, 0.25) is 0 Å².